The third-order valence-corrected chi connectivity index (χ3v) is 5.13. The minimum Gasteiger partial charge on any atom is -0.493 e. The van der Waals surface area contributed by atoms with Crippen molar-refractivity contribution in [1.29, 1.82) is 0 Å². The Kier molecular flexibility index (Phi) is 2.52. The Balaban J connectivity index is 2.00. The largest absolute Gasteiger partial charge is 0.493 e. The molecule has 1 saturated carbocycles. The van der Waals surface area contributed by atoms with E-state index >= 15 is 0 Å². The Morgan fingerprint density at radius 3 is 2.32 bits per heavy atom. The summed E-state index contributed by atoms with van der Waals surface area (Å²) in [4.78, 5) is 0. The first-order valence-electron chi connectivity index (χ1n) is 7.13. The lowest BCUT2D eigenvalue weighted by Crippen LogP contribution is -2.34. The number of ether oxygens (including phenoxy) is 2. The van der Waals surface area contributed by atoms with Gasteiger partial charge in [-0.3, -0.25) is 0 Å². The minimum absolute atomic E-state index is 0.239. The average Bonchev–Trinajstić information content (AvgIpc) is 3.09. The molecule has 3 aliphatic rings. The predicted molar refractivity (Wildman–Crippen MR) is 74.2 cm³/mol. The number of halogens is 1. The Bertz CT molecular complexity index is 515. The molecule has 19 heavy (non-hydrogen) atoms. The quantitative estimate of drug-likeness (QED) is 0.860. The van der Waals surface area contributed by atoms with E-state index in [-0.39, 0.29) is 5.54 Å². The van der Waals surface area contributed by atoms with Crippen LogP contribution in [-0.2, 0) is 18.4 Å². The topological polar surface area (TPSA) is 44.5 Å². The number of nitrogens with two attached hydrogens (primary N) is 1. The van der Waals surface area contributed by atoms with Gasteiger partial charge in [-0.05, 0) is 12.8 Å². The minimum atomic E-state index is -0.239. The molecule has 1 aromatic carbocycles. The van der Waals surface area contributed by atoms with E-state index in [2.05, 4.69) is 0 Å². The van der Waals surface area contributed by atoms with Crippen LogP contribution in [0.25, 0.3) is 0 Å². The van der Waals surface area contributed by atoms with Gasteiger partial charge >= 0.3 is 0 Å². The van der Waals surface area contributed by atoms with Crippen LogP contribution in [0.15, 0.2) is 0 Å². The van der Waals surface area contributed by atoms with Gasteiger partial charge in [0.15, 0.2) is 0 Å². The van der Waals surface area contributed by atoms with Crippen molar-refractivity contribution in [2.75, 3.05) is 13.2 Å². The molecule has 0 spiro atoms. The molecule has 4 rings (SSSR count). The summed E-state index contributed by atoms with van der Waals surface area (Å²) in [6, 6.07) is 0. The van der Waals surface area contributed by atoms with E-state index in [1.807, 2.05) is 0 Å². The molecular weight excluding hydrogens is 262 g/mol. The first kappa shape index (κ1) is 11.9. The molecule has 2 aliphatic heterocycles. The molecule has 102 valence electrons. The average molecular weight is 280 g/mol. The lowest BCUT2D eigenvalue weighted by atomic mass is 9.83. The van der Waals surface area contributed by atoms with Crippen molar-refractivity contribution in [3.8, 4) is 11.5 Å². The van der Waals surface area contributed by atoms with Gasteiger partial charge in [0.25, 0.3) is 0 Å². The molecule has 1 fully saturated rings. The monoisotopic (exact) mass is 279 g/mol. The van der Waals surface area contributed by atoms with E-state index in [0.29, 0.717) is 13.2 Å². The van der Waals surface area contributed by atoms with Crippen molar-refractivity contribution in [1.82, 2.24) is 0 Å². The van der Waals surface area contributed by atoms with Crippen molar-refractivity contribution in [2.24, 2.45) is 5.73 Å². The van der Waals surface area contributed by atoms with Crippen LogP contribution in [0.2, 0.25) is 5.02 Å². The summed E-state index contributed by atoms with van der Waals surface area (Å²) in [7, 11) is 0. The maximum absolute atomic E-state index is 6.70. The summed E-state index contributed by atoms with van der Waals surface area (Å²) in [5.41, 5.74) is 9.97. The van der Waals surface area contributed by atoms with E-state index in [4.69, 9.17) is 26.8 Å². The third kappa shape index (κ3) is 1.55. The number of benzene rings is 1. The molecule has 0 unspecified atom stereocenters. The number of fused-ring (bicyclic) bond motifs is 2. The molecule has 0 atom stereocenters. The van der Waals surface area contributed by atoms with Gasteiger partial charge in [-0.2, -0.15) is 0 Å². The molecule has 0 saturated heterocycles. The second-order valence-corrected chi connectivity index (χ2v) is 6.24. The van der Waals surface area contributed by atoms with Crippen molar-refractivity contribution in [3.63, 3.8) is 0 Å². The van der Waals surface area contributed by atoms with Gasteiger partial charge in [0.2, 0.25) is 0 Å². The van der Waals surface area contributed by atoms with Crippen LogP contribution in [0.1, 0.15) is 42.4 Å². The second-order valence-electron chi connectivity index (χ2n) is 5.86. The van der Waals surface area contributed by atoms with Crippen molar-refractivity contribution >= 4 is 11.6 Å². The fourth-order valence-electron chi connectivity index (χ4n) is 3.84. The summed E-state index contributed by atoms with van der Waals surface area (Å²) in [6.07, 6.45) is 6.24. The van der Waals surface area contributed by atoms with Crippen LogP contribution in [0.3, 0.4) is 0 Å². The maximum atomic E-state index is 6.70. The van der Waals surface area contributed by atoms with E-state index in [1.165, 1.54) is 24.0 Å². The normalized spacial score (nSPS) is 22.8. The fraction of sp³-hybridized carbons (Fsp3) is 0.600. The van der Waals surface area contributed by atoms with Crippen molar-refractivity contribution in [3.05, 3.63) is 21.7 Å². The SMILES string of the molecule is NC1(c2c3c(c(Cl)c4c2OCC4)OCC3)CCCC1. The van der Waals surface area contributed by atoms with Crippen molar-refractivity contribution in [2.45, 2.75) is 44.1 Å². The molecule has 1 aromatic rings. The van der Waals surface area contributed by atoms with Crippen LogP contribution in [-0.4, -0.2) is 13.2 Å². The molecule has 4 heteroatoms. The Morgan fingerprint density at radius 1 is 0.947 bits per heavy atom. The van der Waals surface area contributed by atoms with Crippen LogP contribution >= 0.6 is 11.6 Å². The zero-order chi connectivity index (χ0) is 13.0. The number of rotatable bonds is 1. The van der Waals surface area contributed by atoms with Gasteiger partial charge in [-0.1, -0.05) is 24.4 Å². The first-order valence-corrected chi connectivity index (χ1v) is 7.51. The maximum Gasteiger partial charge on any atom is 0.142 e. The summed E-state index contributed by atoms with van der Waals surface area (Å²) < 4.78 is 11.6. The molecule has 2 heterocycles. The molecular formula is C15H18ClNO2. The van der Waals surface area contributed by atoms with Crippen LogP contribution in [0, 0.1) is 0 Å². The number of hydrogen-bond acceptors (Lipinski definition) is 3. The second kappa shape index (κ2) is 4.03. The Hall–Kier alpha value is -0.930. The molecule has 0 bridgehead atoms. The van der Waals surface area contributed by atoms with Crippen LogP contribution < -0.4 is 15.2 Å². The highest BCUT2D eigenvalue weighted by Crippen LogP contribution is 2.52. The van der Waals surface area contributed by atoms with E-state index < -0.39 is 0 Å². The highest BCUT2D eigenvalue weighted by molar-refractivity contribution is 6.33. The van der Waals surface area contributed by atoms with Crippen molar-refractivity contribution < 1.29 is 9.47 Å². The van der Waals surface area contributed by atoms with E-state index in [9.17, 15) is 0 Å². The fourth-order valence-corrected chi connectivity index (χ4v) is 4.18. The predicted octanol–water partition coefficient (Wildman–Crippen LogP) is 2.94. The summed E-state index contributed by atoms with van der Waals surface area (Å²) in [5, 5.41) is 0.755. The van der Waals surface area contributed by atoms with Crippen LogP contribution in [0.4, 0.5) is 0 Å². The smallest absolute Gasteiger partial charge is 0.142 e. The molecule has 1 aliphatic carbocycles. The van der Waals surface area contributed by atoms with E-state index in [0.717, 1.165) is 47.8 Å². The number of hydrogen-bond donors (Lipinski definition) is 1. The summed E-state index contributed by atoms with van der Waals surface area (Å²) in [6.45, 7) is 1.42. The lowest BCUT2D eigenvalue weighted by Gasteiger charge is -2.29. The molecule has 0 amide bonds. The summed E-state index contributed by atoms with van der Waals surface area (Å²) >= 11 is 6.48. The Labute approximate surface area is 118 Å². The molecule has 2 N–H and O–H groups in total. The van der Waals surface area contributed by atoms with Gasteiger partial charge in [0, 0.05) is 35.1 Å². The first-order chi connectivity index (χ1) is 9.21. The standard InChI is InChI=1S/C15H18ClNO2/c16-12-10-4-8-18-13(10)11(9-3-7-19-14(9)12)15(17)5-1-2-6-15/h1-8,17H2. The van der Waals surface area contributed by atoms with Crippen LogP contribution in [0.5, 0.6) is 11.5 Å². The highest BCUT2D eigenvalue weighted by Gasteiger charge is 2.41. The molecule has 0 aromatic heterocycles. The molecule has 3 nitrogen and oxygen atoms in total. The van der Waals surface area contributed by atoms with Gasteiger partial charge in [0.1, 0.15) is 11.5 Å². The Morgan fingerprint density at radius 2 is 1.58 bits per heavy atom. The van der Waals surface area contributed by atoms with Gasteiger partial charge in [-0.25, -0.2) is 0 Å². The van der Waals surface area contributed by atoms with E-state index in [1.54, 1.807) is 0 Å². The van der Waals surface area contributed by atoms with Gasteiger partial charge < -0.3 is 15.2 Å². The molecule has 0 radical (unpaired) electrons. The zero-order valence-corrected chi connectivity index (χ0v) is 11.7. The lowest BCUT2D eigenvalue weighted by molar-refractivity contribution is 0.338. The third-order valence-electron chi connectivity index (χ3n) is 4.73. The van der Waals surface area contributed by atoms with Gasteiger partial charge in [-0.15, -0.1) is 0 Å². The summed E-state index contributed by atoms with van der Waals surface area (Å²) in [5.74, 6) is 1.84. The zero-order valence-electron chi connectivity index (χ0n) is 10.9. The van der Waals surface area contributed by atoms with Gasteiger partial charge in [0.05, 0.1) is 18.2 Å². The highest BCUT2D eigenvalue weighted by atomic mass is 35.5.